The second-order valence-corrected chi connectivity index (χ2v) is 5.82. The maximum absolute atomic E-state index is 6.13. The zero-order valence-corrected chi connectivity index (χ0v) is 10.9. The Labute approximate surface area is 104 Å². The van der Waals surface area contributed by atoms with Gasteiger partial charge in [-0.25, -0.2) is 0 Å². The van der Waals surface area contributed by atoms with Crippen molar-refractivity contribution in [2.45, 2.75) is 25.4 Å². The van der Waals surface area contributed by atoms with Crippen molar-refractivity contribution in [3.8, 4) is 5.75 Å². The molecule has 0 aliphatic carbocycles. The Morgan fingerprint density at radius 1 is 1.44 bits per heavy atom. The topological polar surface area (TPSA) is 18.5 Å². The molecule has 3 rings (SSSR count). The number of benzene rings is 1. The fraction of sp³-hybridized carbons (Fsp3) is 0.538. The molecule has 1 fully saturated rings. The van der Waals surface area contributed by atoms with E-state index in [9.17, 15) is 0 Å². The van der Waals surface area contributed by atoms with E-state index in [4.69, 9.17) is 9.47 Å². The molecular weight excluding hydrogens is 268 g/mol. The summed E-state index contributed by atoms with van der Waals surface area (Å²) in [5.41, 5.74) is 1.19. The predicted molar refractivity (Wildman–Crippen MR) is 65.8 cm³/mol. The molecule has 0 N–H and O–H groups in total. The molecule has 2 aliphatic heterocycles. The fourth-order valence-corrected chi connectivity index (χ4v) is 3.09. The van der Waals surface area contributed by atoms with Gasteiger partial charge in [-0.1, -0.05) is 15.9 Å². The molecule has 1 saturated heterocycles. The summed E-state index contributed by atoms with van der Waals surface area (Å²) in [6, 6.07) is 6.26. The van der Waals surface area contributed by atoms with Crippen molar-refractivity contribution >= 4 is 15.9 Å². The van der Waals surface area contributed by atoms with Crippen molar-refractivity contribution in [1.29, 1.82) is 0 Å². The van der Waals surface area contributed by atoms with Gasteiger partial charge in [-0.3, -0.25) is 0 Å². The van der Waals surface area contributed by atoms with Gasteiger partial charge in [-0.05, 0) is 43.5 Å². The van der Waals surface area contributed by atoms with Crippen LogP contribution < -0.4 is 4.74 Å². The second kappa shape index (κ2) is 3.74. The van der Waals surface area contributed by atoms with Crippen LogP contribution in [0.25, 0.3) is 0 Å². The van der Waals surface area contributed by atoms with E-state index < -0.39 is 0 Å². The van der Waals surface area contributed by atoms with Crippen LogP contribution >= 0.6 is 15.9 Å². The van der Waals surface area contributed by atoms with Gasteiger partial charge < -0.3 is 9.47 Å². The highest BCUT2D eigenvalue weighted by molar-refractivity contribution is 9.10. The fourth-order valence-electron chi connectivity index (χ4n) is 2.68. The third-order valence-electron chi connectivity index (χ3n) is 3.69. The van der Waals surface area contributed by atoms with E-state index in [0.717, 1.165) is 29.7 Å². The van der Waals surface area contributed by atoms with Crippen molar-refractivity contribution in [3.05, 3.63) is 28.2 Å². The summed E-state index contributed by atoms with van der Waals surface area (Å²) in [6.07, 6.45) is 2.21. The van der Waals surface area contributed by atoms with Gasteiger partial charge in [-0.2, -0.15) is 0 Å². The number of halogens is 1. The van der Waals surface area contributed by atoms with Crippen molar-refractivity contribution in [2.75, 3.05) is 13.2 Å². The van der Waals surface area contributed by atoms with Gasteiger partial charge in [0.1, 0.15) is 11.4 Å². The minimum atomic E-state index is -0.126. The molecule has 86 valence electrons. The Balaban J connectivity index is 1.98. The van der Waals surface area contributed by atoms with Crippen LogP contribution in [-0.4, -0.2) is 18.8 Å². The lowest BCUT2D eigenvalue weighted by Crippen LogP contribution is -2.51. The molecule has 2 atom stereocenters. The molecule has 16 heavy (non-hydrogen) atoms. The lowest BCUT2D eigenvalue weighted by molar-refractivity contribution is -0.105. The SMILES string of the molecule is C[C@]12COCC[C@@H]1Cc1cc(Br)ccc1O2. The van der Waals surface area contributed by atoms with Crippen molar-refractivity contribution in [1.82, 2.24) is 0 Å². The van der Waals surface area contributed by atoms with Gasteiger partial charge in [0, 0.05) is 17.0 Å². The summed E-state index contributed by atoms with van der Waals surface area (Å²) in [7, 11) is 0. The van der Waals surface area contributed by atoms with E-state index in [0.29, 0.717) is 12.5 Å². The zero-order chi connectivity index (χ0) is 11.2. The molecule has 0 radical (unpaired) electrons. The Morgan fingerprint density at radius 2 is 2.31 bits per heavy atom. The Hall–Kier alpha value is -0.540. The molecular formula is C13H15BrO2. The maximum atomic E-state index is 6.13. The Morgan fingerprint density at radius 3 is 3.19 bits per heavy atom. The molecule has 0 bridgehead atoms. The third-order valence-corrected chi connectivity index (χ3v) is 4.19. The quantitative estimate of drug-likeness (QED) is 0.728. The van der Waals surface area contributed by atoms with Gasteiger partial charge in [-0.15, -0.1) is 0 Å². The van der Waals surface area contributed by atoms with Crippen molar-refractivity contribution in [3.63, 3.8) is 0 Å². The zero-order valence-electron chi connectivity index (χ0n) is 9.33. The number of hydrogen-bond acceptors (Lipinski definition) is 2. The summed E-state index contributed by atoms with van der Waals surface area (Å²) in [5.74, 6) is 1.61. The normalized spacial score (nSPS) is 32.5. The smallest absolute Gasteiger partial charge is 0.133 e. The van der Waals surface area contributed by atoms with E-state index in [1.807, 2.05) is 6.07 Å². The van der Waals surface area contributed by atoms with Gasteiger partial charge in [0.15, 0.2) is 0 Å². The standard InChI is InChI=1S/C13H15BrO2/c1-13-8-15-5-4-10(13)6-9-7-11(14)2-3-12(9)16-13/h2-3,7,10H,4-6,8H2,1H3/t10-,13+/m1/s1. The van der Waals surface area contributed by atoms with Crippen LogP contribution in [0, 0.1) is 5.92 Å². The number of ether oxygens (including phenoxy) is 2. The number of fused-ring (bicyclic) bond motifs is 2. The van der Waals surface area contributed by atoms with E-state index in [-0.39, 0.29) is 5.60 Å². The van der Waals surface area contributed by atoms with E-state index in [2.05, 4.69) is 35.0 Å². The third kappa shape index (κ3) is 1.66. The van der Waals surface area contributed by atoms with Crippen LogP contribution in [0.15, 0.2) is 22.7 Å². The van der Waals surface area contributed by atoms with E-state index in [1.165, 1.54) is 5.56 Å². The van der Waals surface area contributed by atoms with Crippen LogP contribution in [0.3, 0.4) is 0 Å². The Bertz CT molecular complexity index is 418. The molecule has 0 aromatic heterocycles. The van der Waals surface area contributed by atoms with Crippen LogP contribution in [0.5, 0.6) is 5.75 Å². The molecule has 2 heterocycles. The largest absolute Gasteiger partial charge is 0.485 e. The van der Waals surface area contributed by atoms with Crippen LogP contribution in [0.1, 0.15) is 18.9 Å². The summed E-state index contributed by atoms with van der Waals surface area (Å²) in [6.45, 7) is 3.75. The highest BCUT2D eigenvalue weighted by Crippen LogP contribution is 2.41. The minimum absolute atomic E-state index is 0.126. The molecule has 1 aromatic rings. The maximum Gasteiger partial charge on any atom is 0.133 e. The lowest BCUT2D eigenvalue weighted by atomic mass is 9.78. The average Bonchev–Trinajstić information content (AvgIpc) is 2.26. The first-order valence-corrected chi connectivity index (χ1v) is 6.52. The minimum Gasteiger partial charge on any atom is -0.485 e. The van der Waals surface area contributed by atoms with Gasteiger partial charge >= 0.3 is 0 Å². The monoisotopic (exact) mass is 282 g/mol. The van der Waals surface area contributed by atoms with E-state index in [1.54, 1.807) is 0 Å². The second-order valence-electron chi connectivity index (χ2n) is 4.91. The summed E-state index contributed by atoms with van der Waals surface area (Å²) >= 11 is 3.51. The summed E-state index contributed by atoms with van der Waals surface area (Å²) in [4.78, 5) is 0. The van der Waals surface area contributed by atoms with Gasteiger partial charge in [0.05, 0.1) is 6.61 Å². The van der Waals surface area contributed by atoms with Gasteiger partial charge in [0.25, 0.3) is 0 Å². The Kier molecular flexibility index (Phi) is 2.48. The number of rotatable bonds is 0. The first kappa shape index (κ1) is 10.6. The molecule has 0 spiro atoms. The van der Waals surface area contributed by atoms with E-state index >= 15 is 0 Å². The summed E-state index contributed by atoms with van der Waals surface area (Å²) in [5, 5.41) is 0. The first-order chi connectivity index (χ1) is 7.67. The van der Waals surface area contributed by atoms with Crippen LogP contribution in [0.2, 0.25) is 0 Å². The molecule has 0 unspecified atom stereocenters. The lowest BCUT2D eigenvalue weighted by Gasteiger charge is -2.45. The summed E-state index contributed by atoms with van der Waals surface area (Å²) < 4.78 is 12.8. The molecule has 3 heteroatoms. The van der Waals surface area contributed by atoms with Crippen molar-refractivity contribution < 1.29 is 9.47 Å². The highest BCUT2D eigenvalue weighted by Gasteiger charge is 2.43. The van der Waals surface area contributed by atoms with Crippen LogP contribution in [0.4, 0.5) is 0 Å². The van der Waals surface area contributed by atoms with Crippen molar-refractivity contribution in [2.24, 2.45) is 5.92 Å². The highest BCUT2D eigenvalue weighted by atomic mass is 79.9. The predicted octanol–water partition coefficient (Wildman–Crippen LogP) is 3.18. The molecule has 0 amide bonds. The average molecular weight is 283 g/mol. The van der Waals surface area contributed by atoms with Gasteiger partial charge in [0.2, 0.25) is 0 Å². The molecule has 0 saturated carbocycles. The molecule has 1 aromatic carbocycles. The molecule has 2 aliphatic rings. The number of hydrogen-bond donors (Lipinski definition) is 0. The first-order valence-electron chi connectivity index (χ1n) is 5.72. The molecule has 2 nitrogen and oxygen atoms in total. The van der Waals surface area contributed by atoms with Crippen LogP contribution in [-0.2, 0) is 11.2 Å².